The van der Waals surface area contributed by atoms with Crippen LogP contribution in [0.25, 0.3) is 0 Å². The number of rotatable bonds is 7. The normalized spacial score (nSPS) is 21.4. The Balaban J connectivity index is 1.62. The minimum Gasteiger partial charge on any atom is -0.376 e. The highest BCUT2D eigenvalue weighted by Crippen LogP contribution is 2.43. The summed E-state index contributed by atoms with van der Waals surface area (Å²) < 4.78 is 5.69. The van der Waals surface area contributed by atoms with Gasteiger partial charge in [0.05, 0.1) is 6.10 Å². The zero-order chi connectivity index (χ0) is 19.1. The minimum atomic E-state index is -0.00497. The van der Waals surface area contributed by atoms with E-state index in [0.29, 0.717) is 5.96 Å². The van der Waals surface area contributed by atoms with Crippen LogP contribution in [0.3, 0.4) is 0 Å². The van der Waals surface area contributed by atoms with Crippen molar-refractivity contribution in [1.82, 2.24) is 15.5 Å². The number of aliphatic imine (C=N–C) groups is 1. The number of benzene rings is 1. The van der Waals surface area contributed by atoms with Gasteiger partial charge in [-0.25, -0.2) is 4.99 Å². The summed E-state index contributed by atoms with van der Waals surface area (Å²) in [5, 5.41) is 6.86. The molecule has 1 saturated heterocycles. The van der Waals surface area contributed by atoms with Crippen LogP contribution in [0.15, 0.2) is 35.3 Å². The topological polar surface area (TPSA) is 66.0 Å². The Morgan fingerprint density at radius 1 is 1.22 bits per heavy atom. The number of likely N-dealkylation sites (N-methyl/N-ethyl adjacent to an activating group) is 1. The summed E-state index contributed by atoms with van der Waals surface area (Å²) >= 11 is 0. The lowest BCUT2D eigenvalue weighted by Gasteiger charge is -2.43. The molecule has 1 aromatic carbocycles. The van der Waals surface area contributed by atoms with E-state index in [9.17, 15) is 4.79 Å². The van der Waals surface area contributed by atoms with E-state index >= 15 is 0 Å². The van der Waals surface area contributed by atoms with Gasteiger partial charge >= 0.3 is 0 Å². The van der Waals surface area contributed by atoms with Gasteiger partial charge in [0.15, 0.2) is 5.96 Å². The van der Waals surface area contributed by atoms with Gasteiger partial charge in [-0.3, -0.25) is 4.79 Å². The second-order valence-corrected chi connectivity index (χ2v) is 7.82. The third kappa shape index (κ3) is 5.22. The molecule has 6 heteroatoms. The lowest BCUT2D eigenvalue weighted by Crippen LogP contribution is -2.50. The van der Waals surface area contributed by atoms with Crippen LogP contribution >= 0.6 is 0 Å². The molecule has 1 saturated carbocycles. The zero-order valence-electron chi connectivity index (χ0n) is 16.5. The van der Waals surface area contributed by atoms with Crippen molar-refractivity contribution in [3.63, 3.8) is 0 Å². The highest BCUT2D eigenvalue weighted by Gasteiger charge is 2.38. The molecule has 0 radical (unpaired) electrons. The maximum Gasteiger partial charge on any atom is 0.243 e. The SMILES string of the molecule is CN(C)C(=O)CN=C(NCC1CCCO1)NCC1(c2ccccc2)CCC1. The molecule has 2 N–H and O–H groups in total. The summed E-state index contributed by atoms with van der Waals surface area (Å²) in [6, 6.07) is 10.7. The number of nitrogens with zero attached hydrogens (tertiary/aromatic N) is 2. The van der Waals surface area contributed by atoms with Crippen LogP contribution in [-0.2, 0) is 14.9 Å². The molecule has 0 bridgehead atoms. The summed E-state index contributed by atoms with van der Waals surface area (Å²) in [5.74, 6) is 0.692. The molecule has 27 heavy (non-hydrogen) atoms. The number of amides is 1. The molecule has 6 nitrogen and oxygen atoms in total. The highest BCUT2D eigenvalue weighted by atomic mass is 16.5. The van der Waals surface area contributed by atoms with E-state index in [-0.39, 0.29) is 24.0 Å². The lowest BCUT2D eigenvalue weighted by atomic mass is 9.64. The van der Waals surface area contributed by atoms with Crippen molar-refractivity contribution in [2.45, 2.75) is 43.6 Å². The molecule has 1 aromatic rings. The monoisotopic (exact) mass is 372 g/mol. The lowest BCUT2D eigenvalue weighted by molar-refractivity contribution is -0.127. The number of nitrogens with one attached hydrogen (secondary N) is 2. The number of carbonyl (C=O) groups excluding carboxylic acids is 1. The predicted molar refractivity (Wildman–Crippen MR) is 108 cm³/mol. The fourth-order valence-corrected chi connectivity index (χ4v) is 3.69. The molecular formula is C21H32N4O2. The van der Waals surface area contributed by atoms with Crippen LogP contribution in [0.2, 0.25) is 0 Å². The number of guanidine groups is 1. The van der Waals surface area contributed by atoms with Crippen LogP contribution in [0.4, 0.5) is 0 Å². The highest BCUT2D eigenvalue weighted by molar-refractivity contribution is 5.84. The molecule has 148 valence electrons. The van der Waals surface area contributed by atoms with Gasteiger partial charge < -0.3 is 20.3 Å². The van der Waals surface area contributed by atoms with Gasteiger partial charge in [0.1, 0.15) is 6.54 Å². The summed E-state index contributed by atoms with van der Waals surface area (Å²) in [5.41, 5.74) is 1.55. The van der Waals surface area contributed by atoms with Crippen LogP contribution in [0.5, 0.6) is 0 Å². The summed E-state index contributed by atoms with van der Waals surface area (Å²) in [6.45, 7) is 2.53. The first-order chi connectivity index (χ1) is 13.1. The molecule has 0 aromatic heterocycles. The predicted octanol–water partition coefficient (Wildman–Crippen LogP) is 1.91. The standard InChI is InChI=1S/C21H32N4O2/c1-25(2)19(26)15-23-20(22-14-18-10-6-13-27-18)24-16-21(11-7-12-21)17-8-4-3-5-9-17/h3-5,8-9,18H,6-7,10-16H2,1-2H3,(H2,22,23,24). The van der Waals surface area contributed by atoms with Crippen molar-refractivity contribution in [1.29, 1.82) is 0 Å². The Morgan fingerprint density at radius 3 is 2.59 bits per heavy atom. The van der Waals surface area contributed by atoms with E-state index in [1.807, 2.05) is 0 Å². The molecular weight excluding hydrogens is 340 g/mol. The largest absolute Gasteiger partial charge is 0.376 e. The van der Waals surface area contributed by atoms with E-state index in [1.165, 1.54) is 24.8 Å². The van der Waals surface area contributed by atoms with Crippen LogP contribution in [0.1, 0.15) is 37.7 Å². The van der Waals surface area contributed by atoms with E-state index in [4.69, 9.17) is 4.74 Å². The van der Waals surface area contributed by atoms with Gasteiger partial charge in [-0.2, -0.15) is 0 Å². The molecule has 3 rings (SSSR count). The van der Waals surface area contributed by atoms with Crippen LogP contribution in [-0.4, -0.2) is 63.2 Å². The molecule has 1 heterocycles. The Kier molecular flexibility index (Phi) is 6.72. The van der Waals surface area contributed by atoms with Crippen molar-refractivity contribution in [3.05, 3.63) is 35.9 Å². The maximum atomic E-state index is 11.9. The van der Waals surface area contributed by atoms with Crippen LogP contribution in [0, 0.1) is 0 Å². The van der Waals surface area contributed by atoms with Crippen molar-refractivity contribution in [2.24, 2.45) is 4.99 Å². The first-order valence-electron chi connectivity index (χ1n) is 9.98. The summed E-state index contributed by atoms with van der Waals surface area (Å²) in [7, 11) is 3.51. The van der Waals surface area contributed by atoms with Crippen molar-refractivity contribution >= 4 is 11.9 Å². The number of carbonyl (C=O) groups is 1. The zero-order valence-corrected chi connectivity index (χ0v) is 16.5. The number of ether oxygens (including phenoxy) is 1. The number of hydrogen-bond donors (Lipinski definition) is 2. The summed E-state index contributed by atoms with van der Waals surface area (Å²) in [4.78, 5) is 18.0. The molecule has 0 spiro atoms. The quantitative estimate of drug-likeness (QED) is 0.567. The van der Waals surface area contributed by atoms with Gasteiger partial charge in [-0.15, -0.1) is 0 Å². The van der Waals surface area contributed by atoms with Gasteiger partial charge in [-0.1, -0.05) is 36.8 Å². The molecule has 1 aliphatic heterocycles. The Hall–Kier alpha value is -2.08. The Labute approximate surface area is 162 Å². The molecule has 1 amide bonds. The maximum absolute atomic E-state index is 11.9. The fraction of sp³-hybridized carbons (Fsp3) is 0.619. The van der Waals surface area contributed by atoms with Crippen LogP contribution < -0.4 is 10.6 Å². The van der Waals surface area contributed by atoms with Gasteiger partial charge in [0, 0.05) is 39.2 Å². The third-order valence-electron chi connectivity index (χ3n) is 5.68. The average Bonchev–Trinajstić information content (AvgIpc) is 3.16. The first-order valence-corrected chi connectivity index (χ1v) is 9.98. The number of hydrogen-bond acceptors (Lipinski definition) is 3. The molecule has 1 atom stereocenters. The van der Waals surface area contributed by atoms with E-state index in [1.54, 1.807) is 19.0 Å². The van der Waals surface area contributed by atoms with Crippen molar-refractivity contribution < 1.29 is 9.53 Å². The second-order valence-electron chi connectivity index (χ2n) is 7.82. The van der Waals surface area contributed by atoms with E-state index in [0.717, 1.165) is 32.5 Å². The van der Waals surface area contributed by atoms with E-state index < -0.39 is 0 Å². The molecule has 2 fully saturated rings. The Bertz CT molecular complexity index is 635. The third-order valence-corrected chi connectivity index (χ3v) is 5.68. The van der Waals surface area contributed by atoms with Gasteiger partial charge in [0.2, 0.25) is 5.91 Å². The average molecular weight is 373 g/mol. The van der Waals surface area contributed by atoms with Crippen molar-refractivity contribution in [2.75, 3.05) is 40.3 Å². The molecule has 1 unspecified atom stereocenters. The summed E-state index contributed by atoms with van der Waals surface area (Å²) in [6.07, 6.45) is 6.03. The van der Waals surface area contributed by atoms with Crippen molar-refractivity contribution in [3.8, 4) is 0 Å². The smallest absolute Gasteiger partial charge is 0.243 e. The molecule has 2 aliphatic rings. The second kappa shape index (κ2) is 9.22. The first kappa shape index (κ1) is 19.7. The Morgan fingerprint density at radius 2 is 2.00 bits per heavy atom. The minimum absolute atomic E-state index is 0.00497. The van der Waals surface area contributed by atoms with E-state index in [2.05, 4.69) is 46.0 Å². The fourth-order valence-electron chi connectivity index (χ4n) is 3.69. The van der Waals surface area contributed by atoms with Gasteiger partial charge in [0.25, 0.3) is 0 Å². The van der Waals surface area contributed by atoms with Gasteiger partial charge in [-0.05, 0) is 31.2 Å². The molecule has 1 aliphatic carbocycles.